The molecule has 0 aliphatic rings. The number of nitrogens with zero attached hydrogens (tertiary/aromatic N) is 5. The highest BCUT2D eigenvalue weighted by atomic mass is 32.1. The van der Waals surface area contributed by atoms with Gasteiger partial charge >= 0.3 is 0 Å². The Balaban J connectivity index is 1.95. The van der Waals surface area contributed by atoms with E-state index in [1.165, 1.54) is 11.3 Å². The molecule has 0 fully saturated rings. The van der Waals surface area contributed by atoms with Gasteiger partial charge in [0.15, 0.2) is 0 Å². The van der Waals surface area contributed by atoms with Gasteiger partial charge in [-0.2, -0.15) is 5.26 Å². The van der Waals surface area contributed by atoms with Crippen LogP contribution in [0.3, 0.4) is 0 Å². The molecule has 0 aliphatic heterocycles. The standard InChI is InChI=1S/C21H23N5OS/c1-5-26(6-2)15-7-9-18(17(11-15)14(3)13-22)24-25-21-23-19-10-8-16(27-4)12-20(19)28-21/h7-12,14H,5-6H2,1-4H3/b25-24+. The molecule has 0 aliphatic carbocycles. The number of aromatic nitrogens is 1. The average Bonchev–Trinajstić information content (AvgIpc) is 3.14. The number of anilines is 1. The summed E-state index contributed by atoms with van der Waals surface area (Å²) >= 11 is 1.46. The van der Waals surface area contributed by atoms with Crippen LogP contribution < -0.4 is 9.64 Å². The Morgan fingerprint density at radius 2 is 1.96 bits per heavy atom. The number of rotatable bonds is 7. The third-order valence-corrected chi connectivity index (χ3v) is 5.53. The van der Waals surface area contributed by atoms with Gasteiger partial charge in [0.05, 0.1) is 35.0 Å². The van der Waals surface area contributed by atoms with Crippen LogP contribution in [0.25, 0.3) is 10.2 Å². The molecule has 28 heavy (non-hydrogen) atoms. The average molecular weight is 394 g/mol. The second kappa shape index (κ2) is 8.81. The first-order chi connectivity index (χ1) is 13.6. The lowest BCUT2D eigenvalue weighted by molar-refractivity contribution is 0.415. The molecule has 1 unspecified atom stereocenters. The van der Waals surface area contributed by atoms with Crippen LogP contribution in [-0.2, 0) is 0 Å². The fourth-order valence-corrected chi connectivity index (χ4v) is 3.81. The Hall–Kier alpha value is -2.98. The summed E-state index contributed by atoms with van der Waals surface area (Å²) in [6.45, 7) is 7.93. The van der Waals surface area contributed by atoms with Crippen molar-refractivity contribution in [2.45, 2.75) is 26.7 Å². The molecule has 0 saturated heterocycles. The lowest BCUT2D eigenvalue weighted by Gasteiger charge is -2.22. The minimum Gasteiger partial charge on any atom is -0.497 e. The number of benzene rings is 2. The van der Waals surface area contributed by atoms with E-state index >= 15 is 0 Å². The van der Waals surface area contributed by atoms with Gasteiger partial charge in [-0.05, 0) is 62.7 Å². The summed E-state index contributed by atoms with van der Waals surface area (Å²) in [5.41, 5.74) is 3.52. The van der Waals surface area contributed by atoms with Gasteiger partial charge < -0.3 is 9.64 Å². The van der Waals surface area contributed by atoms with Gasteiger partial charge in [0.1, 0.15) is 5.75 Å². The van der Waals surface area contributed by atoms with E-state index in [0.29, 0.717) is 10.8 Å². The Kier molecular flexibility index (Phi) is 6.22. The van der Waals surface area contributed by atoms with E-state index in [4.69, 9.17) is 4.74 Å². The third-order valence-electron chi connectivity index (χ3n) is 4.63. The molecule has 0 spiro atoms. The highest BCUT2D eigenvalue weighted by Gasteiger charge is 2.13. The summed E-state index contributed by atoms with van der Waals surface area (Å²) in [6, 6.07) is 14.0. The number of hydrogen-bond acceptors (Lipinski definition) is 7. The van der Waals surface area contributed by atoms with Crippen molar-refractivity contribution in [3.8, 4) is 11.8 Å². The van der Waals surface area contributed by atoms with Gasteiger partial charge in [-0.1, -0.05) is 11.3 Å². The molecule has 0 bridgehead atoms. The molecule has 3 aromatic rings. The fraction of sp³-hybridized carbons (Fsp3) is 0.333. The first-order valence-corrected chi connectivity index (χ1v) is 10.1. The molecular formula is C21H23N5OS. The smallest absolute Gasteiger partial charge is 0.231 e. The number of nitriles is 1. The molecule has 144 valence electrons. The zero-order chi connectivity index (χ0) is 20.1. The molecule has 7 heteroatoms. The van der Waals surface area contributed by atoms with Crippen LogP contribution in [-0.4, -0.2) is 25.2 Å². The molecule has 1 aromatic heterocycles. The van der Waals surface area contributed by atoms with Crippen molar-refractivity contribution in [2.75, 3.05) is 25.1 Å². The lowest BCUT2D eigenvalue weighted by atomic mass is 10.00. The highest BCUT2D eigenvalue weighted by molar-refractivity contribution is 7.21. The predicted octanol–water partition coefficient (Wildman–Crippen LogP) is 6.19. The topological polar surface area (TPSA) is 73.9 Å². The number of fused-ring (bicyclic) bond motifs is 1. The summed E-state index contributed by atoms with van der Waals surface area (Å²) in [4.78, 5) is 6.74. The molecule has 0 amide bonds. The molecule has 6 nitrogen and oxygen atoms in total. The first kappa shape index (κ1) is 19.8. The van der Waals surface area contributed by atoms with Crippen LogP contribution in [0.5, 0.6) is 5.75 Å². The van der Waals surface area contributed by atoms with E-state index in [0.717, 1.165) is 40.3 Å². The van der Waals surface area contributed by atoms with Gasteiger partial charge in [-0.3, -0.25) is 0 Å². The molecule has 2 aromatic carbocycles. The maximum Gasteiger partial charge on any atom is 0.231 e. The molecule has 0 radical (unpaired) electrons. The predicted molar refractivity (Wildman–Crippen MR) is 114 cm³/mol. The Morgan fingerprint density at radius 1 is 1.18 bits per heavy atom. The van der Waals surface area contributed by atoms with Crippen molar-refractivity contribution in [3.05, 3.63) is 42.0 Å². The SMILES string of the molecule is CCN(CC)c1ccc(/N=N/c2nc3ccc(OC)cc3s2)c(C(C)C#N)c1. The summed E-state index contributed by atoms with van der Waals surface area (Å²) in [6.07, 6.45) is 0. The van der Waals surface area contributed by atoms with Crippen molar-refractivity contribution < 1.29 is 4.74 Å². The Labute approximate surface area is 169 Å². The zero-order valence-corrected chi connectivity index (χ0v) is 17.3. The van der Waals surface area contributed by atoms with Gasteiger partial charge in [0.2, 0.25) is 5.13 Å². The van der Waals surface area contributed by atoms with E-state index in [2.05, 4.69) is 40.0 Å². The minimum atomic E-state index is -0.274. The van der Waals surface area contributed by atoms with Crippen molar-refractivity contribution >= 4 is 38.1 Å². The second-order valence-electron chi connectivity index (χ2n) is 6.30. The van der Waals surface area contributed by atoms with Crippen LogP contribution in [0.2, 0.25) is 0 Å². The van der Waals surface area contributed by atoms with E-state index in [1.54, 1.807) is 7.11 Å². The van der Waals surface area contributed by atoms with E-state index in [1.807, 2.05) is 43.3 Å². The van der Waals surface area contributed by atoms with Gasteiger partial charge in [0.25, 0.3) is 0 Å². The number of methoxy groups -OCH3 is 1. The largest absolute Gasteiger partial charge is 0.497 e. The maximum atomic E-state index is 9.43. The molecule has 0 N–H and O–H groups in total. The number of ether oxygens (including phenoxy) is 1. The van der Waals surface area contributed by atoms with E-state index < -0.39 is 0 Å². The molecule has 1 heterocycles. The quantitative estimate of drug-likeness (QED) is 0.448. The number of azo groups is 1. The van der Waals surface area contributed by atoms with Crippen LogP contribution in [0.4, 0.5) is 16.5 Å². The zero-order valence-electron chi connectivity index (χ0n) is 16.5. The molecule has 1 atom stereocenters. The minimum absolute atomic E-state index is 0.274. The maximum absolute atomic E-state index is 9.43. The monoisotopic (exact) mass is 393 g/mol. The van der Waals surface area contributed by atoms with Crippen LogP contribution in [0.1, 0.15) is 32.3 Å². The van der Waals surface area contributed by atoms with Crippen molar-refractivity contribution in [1.82, 2.24) is 4.98 Å². The molecule has 3 rings (SSSR count). The van der Waals surface area contributed by atoms with Crippen LogP contribution >= 0.6 is 11.3 Å². The summed E-state index contributed by atoms with van der Waals surface area (Å²) < 4.78 is 6.25. The fourth-order valence-electron chi connectivity index (χ4n) is 2.99. The Morgan fingerprint density at radius 3 is 2.64 bits per heavy atom. The van der Waals surface area contributed by atoms with Crippen LogP contribution in [0, 0.1) is 11.3 Å². The highest BCUT2D eigenvalue weighted by Crippen LogP contribution is 2.35. The molecular weight excluding hydrogens is 370 g/mol. The first-order valence-electron chi connectivity index (χ1n) is 9.24. The summed E-state index contributed by atoms with van der Waals surface area (Å²) in [5, 5.41) is 18.7. The van der Waals surface area contributed by atoms with Crippen molar-refractivity contribution in [2.24, 2.45) is 10.2 Å². The van der Waals surface area contributed by atoms with E-state index in [-0.39, 0.29) is 5.92 Å². The second-order valence-corrected chi connectivity index (χ2v) is 7.31. The van der Waals surface area contributed by atoms with Gasteiger partial charge in [0, 0.05) is 18.8 Å². The summed E-state index contributed by atoms with van der Waals surface area (Å²) in [5.74, 6) is 0.515. The summed E-state index contributed by atoms with van der Waals surface area (Å²) in [7, 11) is 1.64. The number of thiazole rings is 1. The van der Waals surface area contributed by atoms with Crippen molar-refractivity contribution in [1.29, 1.82) is 5.26 Å². The number of hydrogen-bond donors (Lipinski definition) is 0. The lowest BCUT2D eigenvalue weighted by Crippen LogP contribution is -2.21. The van der Waals surface area contributed by atoms with Crippen molar-refractivity contribution in [3.63, 3.8) is 0 Å². The van der Waals surface area contributed by atoms with Gasteiger partial charge in [-0.15, -0.1) is 10.2 Å². The van der Waals surface area contributed by atoms with E-state index in [9.17, 15) is 5.26 Å². The normalized spacial score (nSPS) is 12.2. The van der Waals surface area contributed by atoms with Gasteiger partial charge in [-0.25, -0.2) is 4.98 Å². The van der Waals surface area contributed by atoms with Crippen LogP contribution in [0.15, 0.2) is 46.6 Å². The third kappa shape index (κ3) is 4.12. The Bertz CT molecular complexity index is 1030. The molecule has 0 saturated carbocycles.